The largest absolute Gasteiger partial charge is 0.345 e. The molecule has 0 saturated carbocycles. The second-order valence-corrected chi connectivity index (χ2v) is 5.61. The van der Waals surface area contributed by atoms with Crippen LogP contribution in [0.1, 0.15) is 15.9 Å². The molecule has 0 spiro atoms. The Morgan fingerprint density at radius 2 is 2.00 bits per heavy atom. The van der Waals surface area contributed by atoms with Gasteiger partial charge >= 0.3 is 6.03 Å². The molecule has 1 aromatic carbocycles. The fraction of sp³-hybridized carbons (Fsp3) is 0.188. The molecule has 1 aromatic heterocycles. The van der Waals surface area contributed by atoms with E-state index < -0.39 is 11.8 Å². The van der Waals surface area contributed by atoms with Crippen molar-refractivity contribution in [1.29, 1.82) is 0 Å². The Morgan fingerprint density at radius 1 is 1.25 bits per heavy atom. The highest BCUT2D eigenvalue weighted by Gasteiger charge is 2.11. The zero-order chi connectivity index (χ0) is 17.7. The Balaban J connectivity index is 1.97. The number of benzene rings is 1. The number of carbonyl (C=O) groups is 2. The van der Waals surface area contributed by atoms with Crippen molar-refractivity contribution >= 4 is 29.4 Å². The molecule has 0 bridgehead atoms. The zero-order valence-electron chi connectivity index (χ0n) is 13.1. The summed E-state index contributed by atoms with van der Waals surface area (Å²) >= 11 is 5.67. The molecule has 2 N–H and O–H groups in total. The van der Waals surface area contributed by atoms with Crippen molar-refractivity contribution in [3.05, 3.63) is 58.5 Å². The van der Waals surface area contributed by atoms with Crippen LogP contribution in [0.5, 0.6) is 0 Å². The van der Waals surface area contributed by atoms with Crippen molar-refractivity contribution in [2.24, 2.45) is 0 Å². The first-order valence-electron chi connectivity index (χ1n) is 7.03. The molecule has 0 atom stereocenters. The van der Waals surface area contributed by atoms with Crippen molar-refractivity contribution in [2.75, 3.05) is 19.4 Å². The van der Waals surface area contributed by atoms with Crippen molar-refractivity contribution < 1.29 is 14.0 Å². The minimum Gasteiger partial charge on any atom is -0.345 e. The second kappa shape index (κ2) is 7.74. The highest BCUT2D eigenvalue weighted by molar-refractivity contribution is 6.30. The van der Waals surface area contributed by atoms with E-state index in [0.29, 0.717) is 11.1 Å². The number of pyridine rings is 1. The van der Waals surface area contributed by atoms with E-state index in [1.807, 2.05) is 0 Å². The summed E-state index contributed by atoms with van der Waals surface area (Å²) in [6.45, 7) is -0.00878. The minimum atomic E-state index is -0.564. The summed E-state index contributed by atoms with van der Waals surface area (Å²) in [5.41, 5.74) is 0.702. The van der Waals surface area contributed by atoms with Gasteiger partial charge in [0.1, 0.15) is 11.6 Å². The van der Waals surface area contributed by atoms with Gasteiger partial charge in [0.2, 0.25) is 0 Å². The molecular formula is C16H16ClFN4O2. The van der Waals surface area contributed by atoms with Crippen LogP contribution < -0.4 is 10.6 Å². The van der Waals surface area contributed by atoms with E-state index in [-0.39, 0.29) is 23.3 Å². The first-order chi connectivity index (χ1) is 11.4. The maximum absolute atomic E-state index is 13.6. The zero-order valence-corrected chi connectivity index (χ0v) is 13.9. The van der Waals surface area contributed by atoms with Gasteiger partial charge in [0, 0.05) is 43.0 Å². The lowest BCUT2D eigenvalue weighted by Gasteiger charge is -2.11. The molecule has 0 saturated heterocycles. The SMILES string of the molecule is CN(C)C(=O)c1ccnc(NC(=O)NCc2ccc(Cl)cc2F)c1. The number of rotatable bonds is 4. The van der Waals surface area contributed by atoms with E-state index in [1.165, 1.54) is 35.4 Å². The monoisotopic (exact) mass is 350 g/mol. The van der Waals surface area contributed by atoms with Gasteiger partial charge < -0.3 is 10.2 Å². The van der Waals surface area contributed by atoms with Crippen LogP contribution in [0.2, 0.25) is 5.02 Å². The molecule has 0 aliphatic rings. The van der Waals surface area contributed by atoms with E-state index in [4.69, 9.17) is 11.6 Å². The molecule has 8 heteroatoms. The molecule has 0 unspecified atom stereocenters. The Morgan fingerprint density at radius 3 is 2.67 bits per heavy atom. The van der Waals surface area contributed by atoms with Gasteiger partial charge in [0.15, 0.2) is 0 Å². The van der Waals surface area contributed by atoms with Crippen molar-refractivity contribution in [3.8, 4) is 0 Å². The van der Waals surface area contributed by atoms with E-state index in [2.05, 4.69) is 15.6 Å². The lowest BCUT2D eigenvalue weighted by atomic mass is 10.2. The van der Waals surface area contributed by atoms with Crippen LogP contribution >= 0.6 is 11.6 Å². The smallest absolute Gasteiger partial charge is 0.320 e. The van der Waals surface area contributed by atoms with E-state index in [1.54, 1.807) is 20.2 Å². The third-order valence-electron chi connectivity index (χ3n) is 3.11. The average molecular weight is 351 g/mol. The third kappa shape index (κ3) is 4.66. The first kappa shape index (κ1) is 17.7. The van der Waals surface area contributed by atoms with Gasteiger partial charge in [-0.3, -0.25) is 10.1 Å². The highest BCUT2D eigenvalue weighted by atomic mass is 35.5. The highest BCUT2D eigenvalue weighted by Crippen LogP contribution is 2.14. The van der Waals surface area contributed by atoms with Crippen LogP contribution in [0.3, 0.4) is 0 Å². The Hall–Kier alpha value is -2.67. The van der Waals surface area contributed by atoms with Crippen LogP contribution in [-0.4, -0.2) is 35.9 Å². The number of anilines is 1. The number of amides is 3. The second-order valence-electron chi connectivity index (χ2n) is 5.17. The molecule has 2 rings (SSSR count). The summed E-state index contributed by atoms with van der Waals surface area (Å²) in [5.74, 6) is -0.486. The third-order valence-corrected chi connectivity index (χ3v) is 3.34. The fourth-order valence-corrected chi connectivity index (χ4v) is 2.05. The number of hydrogen-bond donors (Lipinski definition) is 2. The first-order valence-corrected chi connectivity index (χ1v) is 7.41. The molecule has 126 valence electrons. The van der Waals surface area contributed by atoms with Gasteiger partial charge in [-0.1, -0.05) is 17.7 Å². The van der Waals surface area contributed by atoms with Gasteiger partial charge in [-0.25, -0.2) is 14.2 Å². The molecule has 0 aliphatic carbocycles. The Bertz CT molecular complexity index is 767. The topological polar surface area (TPSA) is 74.3 Å². The van der Waals surface area contributed by atoms with Crippen LogP contribution in [-0.2, 0) is 6.54 Å². The lowest BCUT2D eigenvalue weighted by Crippen LogP contribution is -2.29. The van der Waals surface area contributed by atoms with Crippen LogP contribution in [0.15, 0.2) is 36.5 Å². The van der Waals surface area contributed by atoms with E-state index >= 15 is 0 Å². The number of hydrogen-bond acceptors (Lipinski definition) is 3. The summed E-state index contributed by atoms with van der Waals surface area (Å²) < 4.78 is 13.6. The molecular weight excluding hydrogens is 335 g/mol. The van der Waals surface area contributed by atoms with Crippen molar-refractivity contribution in [2.45, 2.75) is 6.54 Å². The number of urea groups is 1. The normalized spacial score (nSPS) is 10.2. The summed E-state index contributed by atoms with van der Waals surface area (Å²) in [6, 6.07) is 6.66. The number of carbonyl (C=O) groups excluding carboxylic acids is 2. The molecule has 24 heavy (non-hydrogen) atoms. The van der Waals surface area contributed by atoms with Crippen LogP contribution in [0.25, 0.3) is 0 Å². The quantitative estimate of drug-likeness (QED) is 0.890. The van der Waals surface area contributed by atoms with Gasteiger partial charge in [0.25, 0.3) is 5.91 Å². The Kier molecular flexibility index (Phi) is 5.70. The molecule has 2 aromatic rings. The number of halogens is 2. The van der Waals surface area contributed by atoms with Gasteiger partial charge in [0.05, 0.1) is 0 Å². The molecule has 0 aliphatic heterocycles. The molecule has 0 fully saturated rings. The van der Waals surface area contributed by atoms with Crippen LogP contribution in [0.4, 0.5) is 15.0 Å². The van der Waals surface area contributed by atoms with Gasteiger partial charge in [-0.05, 0) is 24.3 Å². The van der Waals surface area contributed by atoms with E-state index in [0.717, 1.165) is 0 Å². The van der Waals surface area contributed by atoms with Crippen molar-refractivity contribution in [3.63, 3.8) is 0 Å². The predicted molar refractivity (Wildman–Crippen MR) is 89.5 cm³/mol. The summed E-state index contributed by atoms with van der Waals surface area (Å²) in [7, 11) is 3.26. The van der Waals surface area contributed by atoms with Crippen LogP contribution in [0, 0.1) is 5.82 Å². The predicted octanol–water partition coefficient (Wildman–Crippen LogP) is 2.90. The fourth-order valence-electron chi connectivity index (χ4n) is 1.89. The summed E-state index contributed by atoms with van der Waals surface area (Å²) in [4.78, 5) is 29.1. The van der Waals surface area contributed by atoms with E-state index in [9.17, 15) is 14.0 Å². The maximum atomic E-state index is 13.6. The summed E-state index contributed by atoms with van der Waals surface area (Å²) in [5, 5.41) is 5.29. The van der Waals surface area contributed by atoms with Gasteiger partial charge in [-0.15, -0.1) is 0 Å². The maximum Gasteiger partial charge on any atom is 0.320 e. The number of aromatic nitrogens is 1. The average Bonchev–Trinajstić information content (AvgIpc) is 2.53. The Labute approximate surface area is 143 Å². The number of nitrogens with zero attached hydrogens (tertiary/aromatic N) is 2. The molecule has 0 radical (unpaired) electrons. The molecule has 6 nitrogen and oxygen atoms in total. The summed E-state index contributed by atoms with van der Waals surface area (Å²) in [6.07, 6.45) is 1.42. The lowest BCUT2D eigenvalue weighted by molar-refractivity contribution is 0.0827. The van der Waals surface area contributed by atoms with Crippen molar-refractivity contribution in [1.82, 2.24) is 15.2 Å². The molecule has 3 amide bonds. The number of nitrogens with one attached hydrogen (secondary N) is 2. The standard InChI is InChI=1S/C16H16ClFN4O2/c1-22(2)15(23)10-5-6-19-14(7-10)21-16(24)20-9-11-3-4-12(17)8-13(11)18/h3-8H,9H2,1-2H3,(H2,19,20,21,24). The molecule has 1 heterocycles. The van der Waals surface area contributed by atoms with Gasteiger partial charge in [-0.2, -0.15) is 0 Å². The minimum absolute atomic E-state index is 0.00878.